The van der Waals surface area contributed by atoms with Gasteiger partial charge in [0.1, 0.15) is 5.75 Å². The number of alkyl halides is 3. The summed E-state index contributed by atoms with van der Waals surface area (Å²) in [5.74, 6) is -0.238. The van der Waals surface area contributed by atoms with Crippen molar-refractivity contribution in [2.24, 2.45) is 5.10 Å². The van der Waals surface area contributed by atoms with Crippen LogP contribution in [-0.2, 0) is 22.2 Å². The van der Waals surface area contributed by atoms with E-state index in [9.17, 15) is 22.8 Å². The number of hydrogen-bond acceptors (Lipinski definition) is 4. The zero-order chi connectivity index (χ0) is 21.4. The first-order valence-corrected chi connectivity index (χ1v) is 8.59. The molecule has 0 bridgehead atoms. The van der Waals surface area contributed by atoms with Crippen molar-refractivity contribution in [2.45, 2.75) is 25.9 Å². The lowest BCUT2D eigenvalue weighted by atomic mass is 10.1. The van der Waals surface area contributed by atoms with Crippen LogP contribution in [0.2, 0.25) is 0 Å². The Balaban J connectivity index is 1.85. The Morgan fingerprint density at radius 2 is 1.76 bits per heavy atom. The van der Waals surface area contributed by atoms with Gasteiger partial charge in [0, 0.05) is 11.4 Å². The predicted octanol–water partition coefficient (Wildman–Crippen LogP) is 3.78. The van der Waals surface area contributed by atoms with E-state index in [0.29, 0.717) is 11.5 Å². The van der Waals surface area contributed by atoms with Crippen LogP contribution in [0.25, 0.3) is 0 Å². The van der Waals surface area contributed by atoms with E-state index < -0.39 is 17.6 Å². The summed E-state index contributed by atoms with van der Waals surface area (Å²) < 4.78 is 43.2. The van der Waals surface area contributed by atoms with Gasteiger partial charge in [0.05, 0.1) is 25.5 Å². The summed E-state index contributed by atoms with van der Waals surface area (Å²) in [6.07, 6.45) is -4.58. The second-order valence-corrected chi connectivity index (χ2v) is 6.21. The van der Waals surface area contributed by atoms with E-state index in [4.69, 9.17) is 4.74 Å². The molecule has 9 heteroatoms. The smallest absolute Gasteiger partial charge is 0.416 e. The third-order valence-corrected chi connectivity index (χ3v) is 3.79. The molecule has 2 amide bonds. The fourth-order valence-electron chi connectivity index (χ4n) is 2.38. The molecule has 0 spiro atoms. The number of benzene rings is 2. The van der Waals surface area contributed by atoms with E-state index in [0.717, 1.165) is 17.7 Å². The Morgan fingerprint density at radius 1 is 1.07 bits per heavy atom. The number of carbonyl (C=O) groups excluding carboxylic acids is 2. The Labute approximate surface area is 165 Å². The lowest BCUT2D eigenvalue weighted by Gasteiger charge is -2.10. The van der Waals surface area contributed by atoms with Crippen LogP contribution in [0.5, 0.6) is 5.75 Å². The average molecular weight is 407 g/mol. The Hall–Kier alpha value is -3.36. The normalized spacial score (nSPS) is 11.7. The third-order valence-electron chi connectivity index (χ3n) is 3.79. The Bertz CT molecular complexity index is 894. The predicted molar refractivity (Wildman–Crippen MR) is 103 cm³/mol. The van der Waals surface area contributed by atoms with Gasteiger partial charge < -0.3 is 10.1 Å². The van der Waals surface area contributed by atoms with Crippen molar-refractivity contribution < 1.29 is 27.5 Å². The fraction of sp³-hybridized carbons (Fsp3) is 0.250. The number of hydrogen-bond donors (Lipinski definition) is 2. The largest absolute Gasteiger partial charge is 0.497 e. The van der Waals surface area contributed by atoms with Crippen molar-refractivity contribution >= 4 is 23.2 Å². The minimum Gasteiger partial charge on any atom is -0.497 e. The summed E-state index contributed by atoms with van der Waals surface area (Å²) in [6, 6.07) is 11.3. The number of nitrogens with one attached hydrogen (secondary N) is 2. The second kappa shape index (κ2) is 9.72. The van der Waals surface area contributed by atoms with Crippen molar-refractivity contribution in [3.05, 3.63) is 59.7 Å². The Morgan fingerprint density at radius 3 is 2.38 bits per heavy atom. The quantitative estimate of drug-likeness (QED) is 0.542. The molecule has 0 aliphatic rings. The zero-order valence-electron chi connectivity index (χ0n) is 15.8. The van der Waals surface area contributed by atoms with E-state index >= 15 is 0 Å². The number of rotatable bonds is 7. The molecule has 0 aliphatic carbocycles. The Kier molecular flexibility index (Phi) is 7.35. The molecule has 29 heavy (non-hydrogen) atoms. The molecular formula is C20H20F3N3O3. The van der Waals surface area contributed by atoms with Crippen LogP contribution in [0.4, 0.5) is 18.9 Å². The van der Waals surface area contributed by atoms with E-state index in [1.165, 1.54) is 19.1 Å². The van der Waals surface area contributed by atoms with Crippen LogP contribution in [-0.4, -0.2) is 24.6 Å². The van der Waals surface area contributed by atoms with E-state index in [1.54, 1.807) is 31.4 Å². The van der Waals surface area contributed by atoms with Gasteiger partial charge in [-0.2, -0.15) is 18.3 Å². The van der Waals surface area contributed by atoms with E-state index in [1.807, 2.05) is 0 Å². The summed E-state index contributed by atoms with van der Waals surface area (Å²) in [5, 5.41) is 6.22. The summed E-state index contributed by atoms with van der Waals surface area (Å²) in [6.45, 7) is 1.53. The van der Waals surface area contributed by atoms with Crippen molar-refractivity contribution in [2.75, 3.05) is 12.4 Å². The molecule has 2 aromatic rings. The first-order chi connectivity index (χ1) is 13.7. The average Bonchev–Trinajstić information content (AvgIpc) is 2.66. The lowest BCUT2D eigenvalue weighted by Crippen LogP contribution is -2.23. The molecule has 2 N–H and O–H groups in total. The first kappa shape index (κ1) is 21.9. The van der Waals surface area contributed by atoms with Gasteiger partial charge in [-0.1, -0.05) is 18.2 Å². The molecule has 6 nitrogen and oxygen atoms in total. The standard InChI is InChI=1S/C20H20F3N3O3/c1-13(25-26-19(28)11-14-6-8-17(29-2)9-7-14)10-18(27)24-16-5-3-4-15(12-16)20(21,22)23/h3-9,12H,10-11H2,1-2H3,(H,24,27)(H,26,28)/b25-13+. The van der Waals surface area contributed by atoms with Gasteiger partial charge in [-0.3, -0.25) is 9.59 Å². The maximum Gasteiger partial charge on any atom is 0.416 e. The van der Waals surface area contributed by atoms with Crippen LogP contribution in [0.1, 0.15) is 24.5 Å². The molecule has 0 unspecified atom stereocenters. The van der Waals surface area contributed by atoms with Gasteiger partial charge in [-0.05, 0) is 42.8 Å². The summed E-state index contributed by atoms with van der Waals surface area (Å²) >= 11 is 0. The number of carbonyl (C=O) groups is 2. The number of ether oxygens (including phenoxy) is 1. The molecule has 2 rings (SSSR count). The summed E-state index contributed by atoms with van der Waals surface area (Å²) in [4.78, 5) is 23.9. The van der Waals surface area contributed by atoms with E-state index in [2.05, 4.69) is 15.8 Å². The second-order valence-electron chi connectivity index (χ2n) is 6.21. The summed E-state index contributed by atoms with van der Waals surface area (Å²) in [7, 11) is 1.54. The number of anilines is 1. The molecule has 0 atom stereocenters. The molecule has 154 valence electrons. The van der Waals surface area contributed by atoms with Gasteiger partial charge in [0.2, 0.25) is 11.8 Å². The third kappa shape index (κ3) is 7.28. The molecular weight excluding hydrogens is 387 g/mol. The van der Waals surface area contributed by atoms with E-state index in [-0.39, 0.29) is 24.4 Å². The highest BCUT2D eigenvalue weighted by Gasteiger charge is 2.30. The van der Waals surface area contributed by atoms with Gasteiger partial charge >= 0.3 is 6.18 Å². The molecule has 0 aromatic heterocycles. The molecule has 0 fully saturated rings. The first-order valence-electron chi connectivity index (χ1n) is 8.59. The number of nitrogens with zero attached hydrogens (tertiary/aromatic N) is 1. The molecule has 0 saturated heterocycles. The number of hydrazone groups is 1. The van der Waals surface area contributed by atoms with Crippen molar-refractivity contribution in [3.63, 3.8) is 0 Å². The highest BCUT2D eigenvalue weighted by Crippen LogP contribution is 2.30. The molecule has 0 heterocycles. The highest BCUT2D eigenvalue weighted by atomic mass is 19.4. The molecule has 0 aliphatic heterocycles. The summed E-state index contributed by atoms with van der Waals surface area (Å²) in [5.41, 5.74) is 2.59. The number of halogens is 3. The number of methoxy groups -OCH3 is 1. The minimum atomic E-state index is -4.49. The van der Waals surface area contributed by atoms with Crippen LogP contribution in [0.15, 0.2) is 53.6 Å². The molecule has 0 saturated carbocycles. The van der Waals surface area contributed by atoms with Crippen LogP contribution >= 0.6 is 0 Å². The highest BCUT2D eigenvalue weighted by molar-refractivity contribution is 6.05. The fourth-order valence-corrected chi connectivity index (χ4v) is 2.38. The molecule has 2 aromatic carbocycles. The monoisotopic (exact) mass is 407 g/mol. The van der Waals surface area contributed by atoms with Gasteiger partial charge in [-0.15, -0.1) is 0 Å². The SMILES string of the molecule is COc1ccc(CC(=O)N/N=C(\C)CC(=O)Nc2cccc(C(F)(F)F)c2)cc1. The minimum absolute atomic E-state index is 0.0289. The van der Waals surface area contributed by atoms with Crippen molar-refractivity contribution in [1.82, 2.24) is 5.43 Å². The van der Waals surface area contributed by atoms with Gasteiger partial charge in [0.25, 0.3) is 0 Å². The van der Waals surface area contributed by atoms with Gasteiger partial charge in [-0.25, -0.2) is 5.43 Å². The topological polar surface area (TPSA) is 79.8 Å². The molecule has 0 radical (unpaired) electrons. The van der Waals surface area contributed by atoms with Gasteiger partial charge in [0.15, 0.2) is 0 Å². The number of amides is 2. The maximum atomic E-state index is 12.7. The van der Waals surface area contributed by atoms with Crippen molar-refractivity contribution in [3.8, 4) is 5.75 Å². The van der Waals surface area contributed by atoms with Crippen LogP contribution in [0, 0.1) is 0 Å². The maximum absolute atomic E-state index is 12.7. The zero-order valence-corrected chi connectivity index (χ0v) is 15.8. The van der Waals surface area contributed by atoms with Crippen LogP contribution < -0.4 is 15.5 Å². The lowest BCUT2D eigenvalue weighted by molar-refractivity contribution is -0.137. The van der Waals surface area contributed by atoms with Crippen LogP contribution in [0.3, 0.4) is 0 Å². The van der Waals surface area contributed by atoms with Crippen molar-refractivity contribution in [1.29, 1.82) is 0 Å².